The highest BCUT2D eigenvalue weighted by Gasteiger charge is 2.57. The number of carboxylic acid groups (broad SMARTS) is 1. The summed E-state index contributed by atoms with van der Waals surface area (Å²) in [5.74, 6) is -3.04. The first kappa shape index (κ1) is 28.2. The van der Waals surface area contributed by atoms with Crippen molar-refractivity contribution in [3.05, 3.63) is 70.2 Å². The van der Waals surface area contributed by atoms with Crippen molar-refractivity contribution in [3.8, 4) is 0 Å². The Labute approximate surface area is 229 Å². The van der Waals surface area contributed by atoms with Crippen LogP contribution < -0.4 is 10.6 Å². The Hall–Kier alpha value is -2.83. The maximum Gasteiger partial charge on any atom is 0.305 e. The van der Waals surface area contributed by atoms with Crippen molar-refractivity contribution in [2.75, 3.05) is 0 Å². The predicted octanol–water partition coefficient (Wildman–Crippen LogP) is 2.99. The Morgan fingerprint density at radius 3 is 2.39 bits per heavy atom. The fourth-order valence-electron chi connectivity index (χ4n) is 4.48. The van der Waals surface area contributed by atoms with E-state index in [0.29, 0.717) is 5.56 Å². The molecule has 2 saturated heterocycles. The van der Waals surface area contributed by atoms with E-state index in [2.05, 4.69) is 26.6 Å². The molecule has 0 bridgehead atoms. The van der Waals surface area contributed by atoms with E-state index < -0.39 is 66.7 Å². The van der Waals surface area contributed by atoms with Gasteiger partial charge in [-0.05, 0) is 50.6 Å². The third-order valence-electron chi connectivity index (χ3n) is 6.28. The van der Waals surface area contributed by atoms with Crippen LogP contribution in [0.1, 0.15) is 43.1 Å². The smallest absolute Gasteiger partial charge is 0.305 e. The molecule has 11 heteroatoms. The van der Waals surface area contributed by atoms with Crippen molar-refractivity contribution in [1.82, 2.24) is 10.6 Å². The molecule has 10 nitrogen and oxygen atoms in total. The number of ether oxygens (including phenoxy) is 4. The number of aliphatic carboxylic acids is 1. The number of carbonyl (C=O) groups excluding carboxylic acids is 2. The summed E-state index contributed by atoms with van der Waals surface area (Å²) < 4.78 is 25.0. The maximum absolute atomic E-state index is 13.1. The predicted molar refractivity (Wildman–Crippen MR) is 139 cm³/mol. The normalized spacial score (nSPS) is 25.3. The quantitative estimate of drug-likeness (QED) is 0.385. The van der Waals surface area contributed by atoms with Gasteiger partial charge in [0, 0.05) is 10.0 Å². The van der Waals surface area contributed by atoms with Crippen molar-refractivity contribution >= 4 is 33.7 Å². The van der Waals surface area contributed by atoms with Gasteiger partial charge in [-0.25, -0.2) is 0 Å². The van der Waals surface area contributed by atoms with Crippen molar-refractivity contribution in [2.24, 2.45) is 0 Å². The van der Waals surface area contributed by atoms with Gasteiger partial charge in [-0.15, -0.1) is 0 Å². The summed E-state index contributed by atoms with van der Waals surface area (Å²) in [6.07, 6.45) is -3.45. The number of hydrogen-bond donors (Lipinski definition) is 3. The van der Waals surface area contributed by atoms with Gasteiger partial charge in [-0.3, -0.25) is 14.4 Å². The van der Waals surface area contributed by atoms with Crippen LogP contribution in [-0.2, 0) is 35.1 Å². The molecule has 2 aliphatic rings. The zero-order valence-corrected chi connectivity index (χ0v) is 22.8. The molecule has 0 spiro atoms. The van der Waals surface area contributed by atoms with Gasteiger partial charge in [-0.2, -0.15) is 0 Å². The van der Waals surface area contributed by atoms with E-state index in [1.807, 2.05) is 30.3 Å². The highest BCUT2D eigenvalue weighted by molar-refractivity contribution is 9.10. The molecular weight excluding hydrogens is 560 g/mol. The van der Waals surface area contributed by atoms with Crippen LogP contribution in [0.2, 0.25) is 0 Å². The summed E-state index contributed by atoms with van der Waals surface area (Å²) in [7, 11) is 0. The molecule has 3 N–H and O–H groups in total. The van der Waals surface area contributed by atoms with Crippen molar-refractivity contribution in [2.45, 2.75) is 76.3 Å². The van der Waals surface area contributed by atoms with E-state index in [4.69, 9.17) is 18.9 Å². The average molecular weight is 591 g/mol. The van der Waals surface area contributed by atoms with Crippen molar-refractivity contribution < 1.29 is 38.4 Å². The van der Waals surface area contributed by atoms with Gasteiger partial charge in [-0.1, -0.05) is 46.3 Å². The summed E-state index contributed by atoms with van der Waals surface area (Å²) in [6, 6.07) is 14.3. The summed E-state index contributed by atoms with van der Waals surface area (Å²) in [6.45, 7) is 5.26. The standard InChI is InChI=1S/C27H31BrN2O8/c1-15(29-25(34)17-9-11-18(28)12-10-17)24(33)30-19(13-20(31)32)21-22(35-14-16-7-5-4-6-8-16)23-26(36-21)38-27(2,3)37-23/h4-12,15,19,21-23,26H,13-14H2,1-3H3,(H,29,34)(H,30,33)(H,31,32)/t15-,19+,21+,22-,23+,26+/m0/s1. The Kier molecular flexibility index (Phi) is 8.84. The largest absolute Gasteiger partial charge is 0.481 e. The Balaban J connectivity index is 1.48. The van der Waals surface area contributed by atoms with Crippen LogP contribution in [0.5, 0.6) is 0 Å². The highest BCUT2D eigenvalue weighted by Crippen LogP contribution is 2.40. The zero-order valence-electron chi connectivity index (χ0n) is 21.3. The van der Waals surface area contributed by atoms with Crippen molar-refractivity contribution in [3.63, 3.8) is 0 Å². The highest BCUT2D eigenvalue weighted by atomic mass is 79.9. The van der Waals surface area contributed by atoms with E-state index in [1.165, 1.54) is 6.92 Å². The van der Waals surface area contributed by atoms with Crippen LogP contribution in [-0.4, -0.2) is 65.4 Å². The van der Waals surface area contributed by atoms with Gasteiger partial charge in [0.1, 0.15) is 24.4 Å². The number of benzene rings is 2. The molecule has 2 amide bonds. The first-order valence-electron chi connectivity index (χ1n) is 12.3. The SMILES string of the molecule is C[C@H](NC(=O)c1ccc(Br)cc1)C(=O)N[C@H](CC(=O)O)[C@H]1O[C@@H]2OC(C)(C)O[C@@H]2[C@H]1OCc1ccccc1. The molecule has 0 aliphatic carbocycles. The minimum absolute atomic E-state index is 0.228. The van der Waals surface area contributed by atoms with Crippen LogP contribution in [0, 0.1) is 0 Å². The Morgan fingerprint density at radius 2 is 1.74 bits per heavy atom. The lowest BCUT2D eigenvalue weighted by molar-refractivity contribution is -0.223. The van der Waals surface area contributed by atoms with Gasteiger partial charge in [0.25, 0.3) is 5.91 Å². The van der Waals surface area contributed by atoms with Gasteiger partial charge in [0.15, 0.2) is 12.1 Å². The molecule has 38 heavy (non-hydrogen) atoms. The molecule has 2 heterocycles. The minimum Gasteiger partial charge on any atom is -0.481 e. The summed E-state index contributed by atoms with van der Waals surface area (Å²) >= 11 is 3.32. The third-order valence-corrected chi connectivity index (χ3v) is 6.81. The van der Waals surface area contributed by atoms with E-state index in [-0.39, 0.29) is 6.61 Å². The summed E-state index contributed by atoms with van der Waals surface area (Å²) in [5.41, 5.74) is 1.30. The number of rotatable bonds is 10. The first-order chi connectivity index (χ1) is 18.0. The summed E-state index contributed by atoms with van der Waals surface area (Å²) in [5, 5.41) is 15.0. The molecule has 0 unspecified atom stereocenters. The average Bonchev–Trinajstić information content (AvgIpc) is 3.34. The molecule has 0 radical (unpaired) electrons. The molecular formula is C27H31BrN2O8. The monoisotopic (exact) mass is 590 g/mol. The number of carboxylic acids is 1. The first-order valence-corrected chi connectivity index (χ1v) is 13.1. The molecule has 6 atom stereocenters. The fourth-order valence-corrected chi connectivity index (χ4v) is 4.74. The van der Waals surface area contributed by atoms with Gasteiger partial charge < -0.3 is 34.7 Å². The van der Waals surface area contributed by atoms with Gasteiger partial charge >= 0.3 is 5.97 Å². The fraction of sp³-hybridized carbons (Fsp3) is 0.444. The number of fused-ring (bicyclic) bond motifs is 1. The van der Waals surface area contributed by atoms with Gasteiger partial charge in [0.2, 0.25) is 5.91 Å². The lowest BCUT2D eigenvalue weighted by Crippen LogP contribution is -2.55. The molecule has 2 fully saturated rings. The molecule has 2 aromatic carbocycles. The van der Waals surface area contributed by atoms with E-state index in [0.717, 1.165) is 10.0 Å². The van der Waals surface area contributed by atoms with E-state index >= 15 is 0 Å². The minimum atomic E-state index is -1.13. The molecule has 0 aromatic heterocycles. The number of carbonyl (C=O) groups is 3. The lowest BCUT2D eigenvalue weighted by atomic mass is 9.99. The van der Waals surface area contributed by atoms with E-state index in [9.17, 15) is 19.5 Å². The van der Waals surface area contributed by atoms with Gasteiger partial charge in [0.05, 0.1) is 19.1 Å². The van der Waals surface area contributed by atoms with Crippen LogP contribution in [0.15, 0.2) is 59.1 Å². The number of nitrogens with one attached hydrogen (secondary N) is 2. The molecule has 204 valence electrons. The molecule has 2 aliphatic heterocycles. The van der Waals surface area contributed by atoms with Crippen LogP contribution in [0.3, 0.4) is 0 Å². The number of hydrogen-bond acceptors (Lipinski definition) is 7. The second kappa shape index (κ2) is 11.9. The summed E-state index contributed by atoms with van der Waals surface area (Å²) in [4.78, 5) is 37.4. The van der Waals surface area contributed by atoms with Crippen LogP contribution in [0.4, 0.5) is 0 Å². The van der Waals surface area contributed by atoms with Crippen molar-refractivity contribution in [1.29, 1.82) is 0 Å². The lowest BCUT2D eigenvalue weighted by Gasteiger charge is -2.31. The number of halogens is 1. The van der Waals surface area contributed by atoms with Crippen LogP contribution >= 0.6 is 15.9 Å². The Bertz CT molecular complexity index is 1140. The Morgan fingerprint density at radius 1 is 1.05 bits per heavy atom. The second-order valence-corrected chi connectivity index (χ2v) is 10.7. The number of amides is 2. The molecule has 2 aromatic rings. The second-order valence-electron chi connectivity index (χ2n) is 9.75. The van der Waals surface area contributed by atoms with Crippen LogP contribution in [0.25, 0.3) is 0 Å². The molecule has 0 saturated carbocycles. The zero-order chi connectivity index (χ0) is 27.4. The third kappa shape index (κ3) is 6.97. The molecule has 4 rings (SSSR count). The maximum atomic E-state index is 13.1. The topological polar surface area (TPSA) is 132 Å². The van der Waals surface area contributed by atoms with E-state index in [1.54, 1.807) is 38.1 Å².